The second kappa shape index (κ2) is 3.64. The summed E-state index contributed by atoms with van der Waals surface area (Å²) in [4.78, 5) is 0. The highest BCUT2D eigenvalue weighted by atomic mass is 16.6. The third-order valence-corrected chi connectivity index (χ3v) is 2.00. The van der Waals surface area contributed by atoms with Gasteiger partial charge in [0, 0.05) is 7.11 Å². The van der Waals surface area contributed by atoms with Crippen LogP contribution in [0.4, 0.5) is 0 Å². The fourth-order valence-corrected chi connectivity index (χ4v) is 1.24. The van der Waals surface area contributed by atoms with Gasteiger partial charge in [-0.1, -0.05) is 0 Å². The Balaban J connectivity index is 2.73. The van der Waals surface area contributed by atoms with Crippen LogP contribution in [0.15, 0.2) is 0 Å². The van der Waals surface area contributed by atoms with Crippen molar-refractivity contribution >= 4 is 7.85 Å². The average molecular weight is 183 g/mol. The Kier molecular flexibility index (Phi) is 2.93. The van der Waals surface area contributed by atoms with Gasteiger partial charge in [0.25, 0.3) is 0 Å². The van der Waals surface area contributed by atoms with E-state index in [1.807, 2.05) is 0 Å². The van der Waals surface area contributed by atoms with Crippen molar-refractivity contribution in [3.8, 4) is 6.07 Å². The third kappa shape index (κ3) is 1.69. The summed E-state index contributed by atoms with van der Waals surface area (Å²) < 4.78 is 9.68. The van der Waals surface area contributed by atoms with Crippen molar-refractivity contribution in [2.45, 2.75) is 23.8 Å². The molecule has 0 amide bonds. The van der Waals surface area contributed by atoms with Crippen molar-refractivity contribution in [3.63, 3.8) is 0 Å². The Morgan fingerprint density at radius 2 is 2.31 bits per heavy atom. The fraction of sp³-hybridized carbons (Fsp3) is 0.857. The molecule has 0 aliphatic carbocycles. The summed E-state index contributed by atoms with van der Waals surface area (Å²) in [5.41, 5.74) is -1.83. The van der Waals surface area contributed by atoms with Crippen molar-refractivity contribution in [1.82, 2.24) is 0 Å². The number of aliphatic hydroxyl groups excluding tert-OH is 2. The fourth-order valence-electron chi connectivity index (χ4n) is 1.24. The van der Waals surface area contributed by atoms with Crippen LogP contribution < -0.4 is 0 Å². The number of rotatable bonds is 2. The molecule has 1 rings (SSSR count). The molecule has 2 N–H and O–H groups in total. The van der Waals surface area contributed by atoms with Crippen LogP contribution in [0.25, 0.3) is 0 Å². The van der Waals surface area contributed by atoms with Crippen molar-refractivity contribution in [2.75, 3.05) is 13.7 Å². The van der Waals surface area contributed by atoms with Gasteiger partial charge in [-0.25, -0.2) is 0 Å². The molecule has 0 aromatic carbocycles. The van der Waals surface area contributed by atoms with Crippen LogP contribution in [0.1, 0.15) is 0 Å². The number of hydrogen-bond acceptors (Lipinski definition) is 5. The van der Waals surface area contributed by atoms with E-state index < -0.39 is 23.8 Å². The number of nitriles is 1. The first kappa shape index (κ1) is 10.5. The van der Waals surface area contributed by atoms with E-state index in [1.54, 1.807) is 6.07 Å². The van der Waals surface area contributed by atoms with E-state index in [4.69, 9.17) is 22.6 Å². The van der Waals surface area contributed by atoms with Crippen LogP contribution >= 0.6 is 0 Å². The summed E-state index contributed by atoms with van der Waals surface area (Å²) in [6.45, 7) is 0.0822. The zero-order valence-corrected chi connectivity index (χ0v) is 7.17. The topological polar surface area (TPSA) is 82.7 Å². The molecule has 1 saturated heterocycles. The number of ether oxygens (including phenoxy) is 2. The predicted octanol–water partition coefficient (Wildman–Crippen LogP) is -1.86. The van der Waals surface area contributed by atoms with Crippen LogP contribution in [0.2, 0.25) is 0 Å². The molecule has 6 heteroatoms. The van der Waals surface area contributed by atoms with Gasteiger partial charge in [-0.3, -0.25) is 0 Å². The lowest BCUT2D eigenvalue weighted by atomic mass is 9.78. The molecule has 2 radical (unpaired) electrons. The van der Waals surface area contributed by atoms with Gasteiger partial charge < -0.3 is 19.7 Å². The maximum absolute atomic E-state index is 9.37. The van der Waals surface area contributed by atoms with Gasteiger partial charge in [0.2, 0.25) is 0 Å². The highest BCUT2D eigenvalue weighted by Crippen LogP contribution is 2.28. The molecule has 1 fully saturated rings. The maximum Gasteiger partial charge on any atom is 0.138 e. The third-order valence-electron chi connectivity index (χ3n) is 2.00. The summed E-state index contributed by atoms with van der Waals surface area (Å²) in [5, 5.41) is 27.3. The second-order valence-electron chi connectivity index (χ2n) is 2.95. The number of aliphatic hydroxyl groups is 2. The van der Waals surface area contributed by atoms with Gasteiger partial charge in [-0.15, -0.1) is 0 Å². The van der Waals surface area contributed by atoms with Gasteiger partial charge in [0.15, 0.2) is 0 Å². The molecule has 0 saturated carbocycles. The summed E-state index contributed by atoms with van der Waals surface area (Å²) in [5.74, 6) is 0. The van der Waals surface area contributed by atoms with Crippen molar-refractivity contribution in [3.05, 3.63) is 0 Å². The average Bonchev–Trinajstić information content (AvgIpc) is 2.33. The molecule has 0 aromatic heterocycles. The van der Waals surface area contributed by atoms with E-state index in [-0.39, 0.29) is 6.61 Å². The van der Waals surface area contributed by atoms with Gasteiger partial charge in [-0.2, -0.15) is 5.26 Å². The molecule has 1 aliphatic rings. The highest BCUT2D eigenvalue weighted by Gasteiger charge is 2.50. The van der Waals surface area contributed by atoms with Crippen LogP contribution in [-0.2, 0) is 9.47 Å². The first-order valence-electron chi connectivity index (χ1n) is 3.78. The lowest BCUT2D eigenvalue weighted by Crippen LogP contribution is -2.42. The van der Waals surface area contributed by atoms with E-state index in [2.05, 4.69) is 0 Å². The predicted molar refractivity (Wildman–Crippen MR) is 42.9 cm³/mol. The minimum atomic E-state index is -1.83. The molecule has 13 heavy (non-hydrogen) atoms. The van der Waals surface area contributed by atoms with E-state index in [0.717, 1.165) is 0 Å². The molecular weight excluding hydrogens is 173 g/mol. The highest BCUT2D eigenvalue weighted by molar-refractivity contribution is 6.17. The molecule has 0 spiro atoms. The molecule has 0 unspecified atom stereocenters. The number of methoxy groups -OCH3 is 1. The summed E-state index contributed by atoms with van der Waals surface area (Å²) >= 11 is 0. The monoisotopic (exact) mass is 183 g/mol. The Morgan fingerprint density at radius 1 is 1.69 bits per heavy atom. The number of nitrogens with zero attached hydrogens (tertiary/aromatic N) is 1. The van der Waals surface area contributed by atoms with E-state index in [1.165, 1.54) is 7.11 Å². The molecule has 1 heterocycles. The molecule has 5 nitrogen and oxygen atoms in total. The SMILES string of the molecule is [B][C@]1(C#N)O[C@H](COC)[C@@H](O)[C@H]1O. The van der Waals surface area contributed by atoms with Crippen LogP contribution in [0, 0.1) is 11.3 Å². The van der Waals surface area contributed by atoms with Crippen LogP contribution in [-0.4, -0.2) is 55.6 Å². The Morgan fingerprint density at radius 3 is 2.69 bits per heavy atom. The van der Waals surface area contributed by atoms with Gasteiger partial charge in [-0.05, 0) is 0 Å². The lowest BCUT2D eigenvalue weighted by Gasteiger charge is -2.18. The Hall–Kier alpha value is -0.605. The van der Waals surface area contributed by atoms with Gasteiger partial charge in [0.05, 0.1) is 12.7 Å². The van der Waals surface area contributed by atoms with Crippen LogP contribution in [0.5, 0.6) is 0 Å². The summed E-state index contributed by atoms with van der Waals surface area (Å²) in [6.07, 6.45) is -3.35. The number of hydrogen-bond donors (Lipinski definition) is 2. The summed E-state index contributed by atoms with van der Waals surface area (Å²) in [7, 11) is 6.79. The summed E-state index contributed by atoms with van der Waals surface area (Å²) in [6, 6.07) is 1.60. The van der Waals surface area contributed by atoms with E-state index in [9.17, 15) is 10.2 Å². The van der Waals surface area contributed by atoms with Gasteiger partial charge in [0.1, 0.15) is 31.7 Å². The zero-order chi connectivity index (χ0) is 10.1. The molecule has 4 atom stereocenters. The van der Waals surface area contributed by atoms with Crippen molar-refractivity contribution in [1.29, 1.82) is 5.26 Å². The minimum Gasteiger partial charge on any atom is -0.387 e. The Bertz CT molecular complexity index is 231. The smallest absolute Gasteiger partial charge is 0.138 e. The quantitative estimate of drug-likeness (QED) is 0.490. The normalized spacial score (nSPS) is 44.6. The standard InChI is InChI=1S/C7H10BNO4/c1-12-2-4-5(10)6(11)7(8,3-9)13-4/h4-6,10-11H,2H2,1H3/t4-,5-,6-,7-/m1/s1. The van der Waals surface area contributed by atoms with Crippen molar-refractivity contribution in [2.24, 2.45) is 0 Å². The van der Waals surface area contributed by atoms with Crippen LogP contribution in [0.3, 0.4) is 0 Å². The van der Waals surface area contributed by atoms with E-state index in [0.29, 0.717) is 0 Å². The lowest BCUT2D eigenvalue weighted by molar-refractivity contribution is -0.0318. The molecule has 1 aliphatic heterocycles. The first-order valence-corrected chi connectivity index (χ1v) is 3.78. The minimum absolute atomic E-state index is 0.0822. The van der Waals surface area contributed by atoms with E-state index >= 15 is 0 Å². The maximum atomic E-state index is 9.37. The van der Waals surface area contributed by atoms with Crippen molar-refractivity contribution < 1.29 is 19.7 Å². The van der Waals surface area contributed by atoms with Gasteiger partial charge >= 0.3 is 0 Å². The molecule has 0 aromatic rings. The molecule has 0 bridgehead atoms. The zero-order valence-electron chi connectivity index (χ0n) is 7.17. The molecule has 70 valence electrons. The largest absolute Gasteiger partial charge is 0.387 e. The molecular formula is C7H10BNO4. The Labute approximate surface area is 77.3 Å². The first-order chi connectivity index (χ1) is 6.05. The second-order valence-corrected chi connectivity index (χ2v) is 2.95.